The lowest BCUT2D eigenvalue weighted by molar-refractivity contribution is 0.311. The van der Waals surface area contributed by atoms with Gasteiger partial charge in [-0.2, -0.15) is 0 Å². The third kappa shape index (κ3) is 7.23. The zero-order valence-electron chi connectivity index (χ0n) is 14.0. The fourth-order valence-electron chi connectivity index (χ4n) is 1.88. The molecular formula is C15H25N3O4S. The Hall–Kier alpha value is -1.96. The summed E-state index contributed by atoms with van der Waals surface area (Å²) in [5, 5.41) is 6.20. The Morgan fingerprint density at radius 2 is 2.04 bits per heavy atom. The Balaban J connectivity index is 2.63. The van der Waals surface area contributed by atoms with E-state index in [9.17, 15) is 8.42 Å². The number of anilines is 1. The quantitative estimate of drug-likeness (QED) is 0.423. The van der Waals surface area contributed by atoms with E-state index in [1.807, 2.05) is 25.1 Å². The largest absolute Gasteiger partial charge is 0.493 e. The van der Waals surface area contributed by atoms with Crippen molar-refractivity contribution in [1.82, 2.24) is 5.32 Å². The molecule has 0 fully saturated rings. The van der Waals surface area contributed by atoms with Gasteiger partial charge in [-0.3, -0.25) is 4.99 Å². The number of nitrogens with one attached hydrogen (secondary N) is 2. The van der Waals surface area contributed by atoms with Crippen molar-refractivity contribution in [1.29, 1.82) is 0 Å². The van der Waals surface area contributed by atoms with Gasteiger partial charge in [0.2, 0.25) is 0 Å². The average Bonchev–Trinajstić information content (AvgIpc) is 2.50. The monoisotopic (exact) mass is 343 g/mol. The molecule has 0 heterocycles. The molecule has 0 amide bonds. The molecule has 0 aliphatic heterocycles. The number of methoxy groups -OCH3 is 1. The molecule has 0 bridgehead atoms. The predicted octanol–water partition coefficient (Wildman–Crippen LogP) is 1.52. The summed E-state index contributed by atoms with van der Waals surface area (Å²) < 4.78 is 33.0. The second kappa shape index (κ2) is 9.24. The second-order valence-corrected chi connectivity index (χ2v) is 7.17. The van der Waals surface area contributed by atoms with Gasteiger partial charge >= 0.3 is 0 Å². The van der Waals surface area contributed by atoms with Crippen LogP contribution in [0.1, 0.15) is 13.3 Å². The van der Waals surface area contributed by atoms with Crippen LogP contribution in [0.25, 0.3) is 0 Å². The van der Waals surface area contributed by atoms with Gasteiger partial charge in [-0.25, -0.2) is 8.42 Å². The van der Waals surface area contributed by atoms with Crippen molar-refractivity contribution in [2.45, 2.75) is 13.3 Å². The smallest absolute Gasteiger partial charge is 0.195 e. The highest BCUT2D eigenvalue weighted by atomic mass is 32.2. The Bertz CT molecular complexity index is 630. The lowest BCUT2D eigenvalue weighted by Gasteiger charge is -2.14. The van der Waals surface area contributed by atoms with Gasteiger partial charge in [0.05, 0.1) is 19.5 Å². The van der Waals surface area contributed by atoms with Crippen molar-refractivity contribution in [2.24, 2.45) is 4.99 Å². The van der Waals surface area contributed by atoms with Gasteiger partial charge in [-0.1, -0.05) is 0 Å². The Labute approximate surface area is 138 Å². The van der Waals surface area contributed by atoms with Crippen molar-refractivity contribution in [3.63, 3.8) is 0 Å². The standard InChI is InChI=1S/C15H25N3O4S/c1-5-22-14-11-12(7-8-13(14)21-3)18-15(16-2)17-9-6-10-23(4,19)20/h7-8,11H,5-6,9-10H2,1-4H3,(H2,16,17,18). The molecule has 0 aliphatic carbocycles. The van der Waals surface area contributed by atoms with E-state index in [1.165, 1.54) is 6.26 Å². The molecule has 0 radical (unpaired) electrons. The Kier molecular flexibility index (Phi) is 7.67. The number of guanidine groups is 1. The van der Waals surface area contributed by atoms with E-state index >= 15 is 0 Å². The number of hydrogen-bond acceptors (Lipinski definition) is 5. The van der Waals surface area contributed by atoms with Gasteiger partial charge in [0, 0.05) is 31.6 Å². The first-order valence-corrected chi connectivity index (χ1v) is 9.42. The molecule has 1 rings (SSSR count). The maximum Gasteiger partial charge on any atom is 0.195 e. The van der Waals surface area contributed by atoms with Crippen molar-refractivity contribution in [3.05, 3.63) is 18.2 Å². The van der Waals surface area contributed by atoms with Gasteiger partial charge in [0.15, 0.2) is 17.5 Å². The first-order chi connectivity index (χ1) is 10.9. The van der Waals surface area contributed by atoms with Crippen molar-refractivity contribution in [3.8, 4) is 11.5 Å². The molecule has 130 valence electrons. The van der Waals surface area contributed by atoms with Crippen LogP contribution in [-0.4, -0.2) is 53.7 Å². The summed E-state index contributed by atoms with van der Waals surface area (Å²) in [4.78, 5) is 4.11. The number of ether oxygens (including phenoxy) is 2. The van der Waals surface area contributed by atoms with E-state index in [2.05, 4.69) is 15.6 Å². The summed E-state index contributed by atoms with van der Waals surface area (Å²) in [6, 6.07) is 5.49. The molecule has 0 saturated heterocycles. The highest BCUT2D eigenvalue weighted by Gasteiger charge is 2.07. The van der Waals surface area contributed by atoms with Gasteiger partial charge in [0.25, 0.3) is 0 Å². The zero-order chi connectivity index (χ0) is 17.3. The third-order valence-corrected chi connectivity index (χ3v) is 3.96. The minimum Gasteiger partial charge on any atom is -0.493 e. The molecular weight excluding hydrogens is 318 g/mol. The highest BCUT2D eigenvalue weighted by Crippen LogP contribution is 2.30. The first-order valence-electron chi connectivity index (χ1n) is 7.35. The number of benzene rings is 1. The lowest BCUT2D eigenvalue weighted by Crippen LogP contribution is -2.32. The van der Waals surface area contributed by atoms with E-state index in [1.54, 1.807) is 14.2 Å². The van der Waals surface area contributed by atoms with Gasteiger partial charge < -0.3 is 20.1 Å². The topological polar surface area (TPSA) is 89.0 Å². The summed E-state index contributed by atoms with van der Waals surface area (Å²) in [7, 11) is 0.304. The molecule has 0 spiro atoms. The number of rotatable bonds is 8. The molecule has 1 aromatic rings. The minimum absolute atomic E-state index is 0.147. The number of nitrogens with zero attached hydrogens (tertiary/aromatic N) is 1. The minimum atomic E-state index is -2.94. The fourth-order valence-corrected chi connectivity index (χ4v) is 2.55. The molecule has 0 aliphatic rings. The number of aliphatic imine (C=N–C) groups is 1. The van der Waals surface area contributed by atoms with E-state index < -0.39 is 9.84 Å². The Morgan fingerprint density at radius 3 is 2.61 bits per heavy atom. The second-order valence-electron chi connectivity index (χ2n) is 4.91. The number of hydrogen-bond donors (Lipinski definition) is 2. The van der Waals surface area contributed by atoms with Crippen LogP contribution in [0.4, 0.5) is 5.69 Å². The molecule has 2 N–H and O–H groups in total. The summed E-state index contributed by atoms with van der Waals surface area (Å²) in [5.41, 5.74) is 0.797. The summed E-state index contributed by atoms with van der Waals surface area (Å²) in [5.74, 6) is 2.01. The van der Waals surface area contributed by atoms with Gasteiger partial charge in [-0.15, -0.1) is 0 Å². The molecule has 8 heteroatoms. The highest BCUT2D eigenvalue weighted by molar-refractivity contribution is 7.90. The van der Waals surface area contributed by atoms with Crippen LogP contribution < -0.4 is 20.1 Å². The third-order valence-electron chi connectivity index (χ3n) is 2.93. The van der Waals surface area contributed by atoms with Crippen molar-refractivity contribution >= 4 is 21.5 Å². The van der Waals surface area contributed by atoms with Crippen molar-refractivity contribution < 1.29 is 17.9 Å². The van der Waals surface area contributed by atoms with E-state index in [0.29, 0.717) is 37.0 Å². The van der Waals surface area contributed by atoms with Crippen LogP contribution in [0.15, 0.2) is 23.2 Å². The maximum atomic E-state index is 11.1. The molecule has 0 unspecified atom stereocenters. The SMILES string of the molecule is CCOc1cc(NC(=NC)NCCCS(C)(=O)=O)ccc1OC. The molecule has 23 heavy (non-hydrogen) atoms. The summed E-state index contributed by atoms with van der Waals surface area (Å²) in [6.45, 7) is 2.96. The van der Waals surface area contributed by atoms with Crippen LogP contribution >= 0.6 is 0 Å². The van der Waals surface area contributed by atoms with Crippen LogP contribution in [0.5, 0.6) is 11.5 Å². The van der Waals surface area contributed by atoms with Crippen LogP contribution in [0.3, 0.4) is 0 Å². The summed E-state index contributed by atoms with van der Waals surface area (Å²) in [6.07, 6.45) is 1.75. The lowest BCUT2D eigenvalue weighted by atomic mass is 10.2. The predicted molar refractivity (Wildman–Crippen MR) is 93.5 cm³/mol. The molecule has 0 atom stereocenters. The zero-order valence-corrected chi connectivity index (χ0v) is 14.9. The van der Waals surface area contributed by atoms with E-state index in [4.69, 9.17) is 9.47 Å². The van der Waals surface area contributed by atoms with Gasteiger partial charge in [-0.05, 0) is 25.5 Å². The maximum absolute atomic E-state index is 11.1. The summed E-state index contributed by atoms with van der Waals surface area (Å²) >= 11 is 0. The fraction of sp³-hybridized carbons (Fsp3) is 0.533. The van der Waals surface area contributed by atoms with E-state index in [-0.39, 0.29) is 5.75 Å². The molecule has 0 saturated carbocycles. The Morgan fingerprint density at radius 1 is 1.30 bits per heavy atom. The van der Waals surface area contributed by atoms with Crippen molar-refractivity contribution in [2.75, 3.05) is 44.6 Å². The van der Waals surface area contributed by atoms with Crippen LogP contribution in [0, 0.1) is 0 Å². The first kappa shape index (κ1) is 19.1. The average molecular weight is 343 g/mol. The molecule has 0 aromatic heterocycles. The van der Waals surface area contributed by atoms with Crippen LogP contribution in [0.2, 0.25) is 0 Å². The molecule has 7 nitrogen and oxygen atoms in total. The number of sulfone groups is 1. The van der Waals surface area contributed by atoms with E-state index in [0.717, 1.165) is 5.69 Å². The molecule has 1 aromatic carbocycles. The van der Waals surface area contributed by atoms with Gasteiger partial charge in [0.1, 0.15) is 9.84 Å². The van der Waals surface area contributed by atoms with Crippen LogP contribution in [-0.2, 0) is 9.84 Å². The normalized spacial score (nSPS) is 11.9.